The van der Waals surface area contributed by atoms with Crippen LogP contribution in [0.15, 0.2) is 0 Å². The summed E-state index contributed by atoms with van der Waals surface area (Å²) in [6.07, 6.45) is 1.97. The second-order valence-corrected chi connectivity index (χ2v) is 7.35. The van der Waals surface area contributed by atoms with E-state index in [1.54, 1.807) is 18.4 Å². The molecule has 1 fully saturated rings. The fourth-order valence-corrected chi connectivity index (χ4v) is 5.02. The lowest BCUT2D eigenvalue weighted by Crippen LogP contribution is -2.46. The van der Waals surface area contributed by atoms with E-state index in [1.165, 1.54) is 11.3 Å². The number of nitrogens with zero attached hydrogens (tertiary/aromatic N) is 1. The van der Waals surface area contributed by atoms with E-state index in [4.69, 9.17) is 4.98 Å². The third-order valence-corrected chi connectivity index (χ3v) is 6.31. The largest absolute Gasteiger partial charge is 0.391 e. The van der Waals surface area contributed by atoms with Crippen molar-refractivity contribution in [2.45, 2.75) is 63.1 Å². The molecule has 118 valence electrons. The van der Waals surface area contributed by atoms with Gasteiger partial charge < -0.3 is 5.32 Å². The molecule has 3 rings (SSSR count). The van der Waals surface area contributed by atoms with Crippen LogP contribution in [0.25, 0.3) is 0 Å². The lowest BCUT2D eigenvalue weighted by Gasteiger charge is -2.40. The van der Waals surface area contributed by atoms with Gasteiger partial charge in [0.1, 0.15) is 5.01 Å². The molecule has 2 aliphatic carbocycles. The molecule has 2 atom stereocenters. The van der Waals surface area contributed by atoms with E-state index in [-0.39, 0.29) is 12.8 Å². The van der Waals surface area contributed by atoms with Crippen LogP contribution in [0.3, 0.4) is 0 Å². The molecule has 0 bridgehead atoms. The molecule has 21 heavy (non-hydrogen) atoms. The van der Waals surface area contributed by atoms with E-state index in [2.05, 4.69) is 5.32 Å². The molecule has 1 heterocycles. The molecule has 2 aliphatic rings. The molecule has 1 aromatic rings. The Morgan fingerprint density at radius 3 is 2.67 bits per heavy atom. The number of fused-ring (bicyclic) bond motifs is 1. The average molecular weight is 318 g/mol. The zero-order valence-corrected chi connectivity index (χ0v) is 13.0. The molecule has 1 N–H and O–H groups in total. The Hall–Kier alpha value is -0.620. The van der Waals surface area contributed by atoms with Gasteiger partial charge in [-0.3, -0.25) is 0 Å². The van der Waals surface area contributed by atoms with Gasteiger partial charge in [-0.05, 0) is 52.0 Å². The van der Waals surface area contributed by atoms with Crippen LogP contribution < -0.4 is 5.32 Å². The second kappa shape index (κ2) is 5.54. The highest BCUT2D eigenvalue weighted by Crippen LogP contribution is 2.47. The van der Waals surface area contributed by atoms with Gasteiger partial charge in [-0.1, -0.05) is 6.42 Å². The Labute approximate surface area is 127 Å². The van der Waals surface area contributed by atoms with Crippen molar-refractivity contribution in [3.8, 4) is 0 Å². The van der Waals surface area contributed by atoms with Crippen LogP contribution in [0.5, 0.6) is 0 Å². The van der Waals surface area contributed by atoms with Gasteiger partial charge in [0.2, 0.25) is 0 Å². The summed E-state index contributed by atoms with van der Waals surface area (Å²) >= 11 is 1.64. The maximum atomic E-state index is 13.1. The summed E-state index contributed by atoms with van der Waals surface area (Å²) in [4.78, 5) is 6.01. The van der Waals surface area contributed by atoms with Crippen LogP contribution in [0.1, 0.15) is 54.1 Å². The highest BCUT2D eigenvalue weighted by atomic mass is 32.1. The van der Waals surface area contributed by atoms with Crippen LogP contribution in [-0.2, 0) is 18.4 Å². The number of rotatable bonds is 2. The van der Waals surface area contributed by atoms with Gasteiger partial charge in [0.25, 0.3) is 0 Å². The van der Waals surface area contributed by atoms with Crippen molar-refractivity contribution in [3.05, 3.63) is 15.6 Å². The molecule has 0 aromatic carbocycles. The van der Waals surface area contributed by atoms with Crippen molar-refractivity contribution >= 4 is 11.3 Å². The summed E-state index contributed by atoms with van der Waals surface area (Å²) in [7, 11) is 1.78. The van der Waals surface area contributed by atoms with E-state index in [0.29, 0.717) is 6.42 Å². The van der Waals surface area contributed by atoms with Crippen molar-refractivity contribution in [2.75, 3.05) is 7.05 Å². The predicted octanol–water partition coefficient (Wildman–Crippen LogP) is 4.19. The standard InChI is InChI=1S/C15H21F3N2S/c1-19-14(8-4-5-10(9-14)15(16,17)18)13-20-11-6-2-3-7-12(11)21-13/h10,19H,2-9H2,1H3. The summed E-state index contributed by atoms with van der Waals surface area (Å²) in [5.41, 5.74) is 0.547. The number of aryl methyl sites for hydroxylation is 2. The first-order chi connectivity index (χ1) is 9.94. The van der Waals surface area contributed by atoms with E-state index in [1.807, 2.05) is 0 Å². The molecule has 0 radical (unpaired) electrons. The van der Waals surface area contributed by atoms with Gasteiger partial charge in [0.15, 0.2) is 0 Å². The number of alkyl halides is 3. The van der Waals surface area contributed by atoms with Gasteiger partial charge in [-0.25, -0.2) is 4.98 Å². The zero-order valence-electron chi connectivity index (χ0n) is 12.2. The quantitative estimate of drug-likeness (QED) is 0.884. The SMILES string of the molecule is CNC1(c2nc3c(s2)CCCC3)CCCC(C(F)(F)F)C1. The van der Waals surface area contributed by atoms with E-state index < -0.39 is 17.6 Å². The van der Waals surface area contributed by atoms with Crippen molar-refractivity contribution in [2.24, 2.45) is 5.92 Å². The maximum Gasteiger partial charge on any atom is 0.391 e. The van der Waals surface area contributed by atoms with Gasteiger partial charge >= 0.3 is 6.18 Å². The summed E-state index contributed by atoms with van der Waals surface area (Å²) in [5.74, 6) is -1.21. The van der Waals surface area contributed by atoms with Gasteiger partial charge in [-0.15, -0.1) is 11.3 Å². The first-order valence-corrected chi connectivity index (χ1v) is 8.51. The molecular formula is C15H21F3N2S. The van der Waals surface area contributed by atoms with E-state index >= 15 is 0 Å². The molecule has 0 spiro atoms. The van der Waals surface area contributed by atoms with Crippen molar-refractivity contribution in [1.29, 1.82) is 0 Å². The fraction of sp³-hybridized carbons (Fsp3) is 0.800. The number of thiazole rings is 1. The average Bonchev–Trinajstić information content (AvgIpc) is 2.91. The molecule has 1 aromatic heterocycles. The highest BCUT2D eigenvalue weighted by Gasteiger charge is 2.49. The lowest BCUT2D eigenvalue weighted by molar-refractivity contribution is -0.188. The molecule has 2 nitrogen and oxygen atoms in total. The Balaban J connectivity index is 1.90. The molecule has 6 heteroatoms. The van der Waals surface area contributed by atoms with Crippen molar-refractivity contribution in [3.63, 3.8) is 0 Å². The second-order valence-electron chi connectivity index (χ2n) is 6.26. The number of hydrogen-bond donors (Lipinski definition) is 1. The number of halogens is 3. The Morgan fingerprint density at radius 1 is 1.24 bits per heavy atom. The fourth-order valence-electron chi connectivity index (χ4n) is 3.64. The normalized spacial score (nSPS) is 30.2. The van der Waals surface area contributed by atoms with Crippen LogP contribution in [-0.4, -0.2) is 18.2 Å². The number of hydrogen-bond acceptors (Lipinski definition) is 3. The van der Waals surface area contributed by atoms with Crippen LogP contribution in [0, 0.1) is 5.92 Å². The summed E-state index contributed by atoms with van der Waals surface area (Å²) in [5, 5.41) is 4.07. The zero-order chi connectivity index (χ0) is 15.1. The minimum Gasteiger partial charge on any atom is -0.308 e. The lowest BCUT2D eigenvalue weighted by atomic mass is 9.75. The van der Waals surface area contributed by atoms with Crippen LogP contribution in [0.2, 0.25) is 0 Å². The Bertz CT molecular complexity index is 488. The highest BCUT2D eigenvalue weighted by molar-refractivity contribution is 7.11. The Morgan fingerprint density at radius 2 is 2.00 bits per heavy atom. The molecule has 0 aliphatic heterocycles. The topological polar surface area (TPSA) is 24.9 Å². The van der Waals surface area contributed by atoms with Crippen molar-refractivity contribution < 1.29 is 13.2 Å². The molecule has 2 unspecified atom stereocenters. The summed E-state index contributed by atoms with van der Waals surface area (Å²) < 4.78 is 39.4. The first kappa shape index (κ1) is 15.3. The first-order valence-electron chi connectivity index (χ1n) is 7.69. The van der Waals surface area contributed by atoms with Crippen LogP contribution in [0.4, 0.5) is 13.2 Å². The predicted molar refractivity (Wildman–Crippen MR) is 77.5 cm³/mol. The van der Waals surface area contributed by atoms with Crippen LogP contribution >= 0.6 is 11.3 Å². The maximum absolute atomic E-state index is 13.1. The number of aromatic nitrogens is 1. The van der Waals surface area contributed by atoms with Gasteiger partial charge in [0.05, 0.1) is 17.2 Å². The Kier molecular flexibility index (Phi) is 4.03. The molecule has 0 amide bonds. The van der Waals surface area contributed by atoms with Crippen molar-refractivity contribution in [1.82, 2.24) is 10.3 Å². The summed E-state index contributed by atoms with van der Waals surface area (Å²) in [6.45, 7) is 0. The van der Waals surface area contributed by atoms with E-state index in [9.17, 15) is 13.2 Å². The minimum atomic E-state index is -4.10. The smallest absolute Gasteiger partial charge is 0.308 e. The third-order valence-electron chi connectivity index (χ3n) is 4.95. The number of nitrogens with one attached hydrogen (secondary N) is 1. The molecular weight excluding hydrogens is 297 g/mol. The van der Waals surface area contributed by atoms with Gasteiger partial charge in [-0.2, -0.15) is 13.2 Å². The van der Waals surface area contributed by atoms with Gasteiger partial charge in [0, 0.05) is 4.88 Å². The third kappa shape index (κ3) is 2.84. The summed E-state index contributed by atoms with van der Waals surface area (Å²) in [6, 6.07) is 0. The van der Waals surface area contributed by atoms with E-state index in [0.717, 1.165) is 36.4 Å². The minimum absolute atomic E-state index is 0.124. The molecule has 0 saturated heterocycles. The molecule has 1 saturated carbocycles. The monoisotopic (exact) mass is 318 g/mol.